The highest BCUT2D eigenvalue weighted by Gasteiger charge is 2.16. The maximum atomic E-state index is 12.3. The third kappa shape index (κ3) is 8.41. The maximum absolute atomic E-state index is 12.3. The number of hydrogen-bond acceptors (Lipinski definition) is 7. The van der Waals surface area contributed by atoms with Crippen LogP contribution < -0.4 is 20.1 Å². The van der Waals surface area contributed by atoms with Crippen molar-refractivity contribution >= 4 is 23.7 Å². The minimum absolute atomic E-state index is 0.0243. The van der Waals surface area contributed by atoms with E-state index >= 15 is 0 Å². The van der Waals surface area contributed by atoms with Crippen molar-refractivity contribution in [3.8, 4) is 11.5 Å². The number of alkyl halides is 2. The van der Waals surface area contributed by atoms with Gasteiger partial charge < -0.3 is 29.7 Å². The molecular weight excluding hydrogens is 396 g/mol. The second-order valence-corrected chi connectivity index (χ2v) is 5.65. The van der Waals surface area contributed by atoms with Crippen molar-refractivity contribution in [2.75, 3.05) is 40.9 Å². The fraction of sp³-hybridized carbons (Fsp3) is 0.412. The lowest BCUT2D eigenvalue weighted by Gasteiger charge is -2.12. The molecule has 0 fully saturated rings. The number of likely N-dealkylation sites (N-methyl/N-ethyl adjacent to an activating group) is 1. The molecule has 0 unspecified atom stereocenters. The quantitative estimate of drug-likeness (QED) is 0.504. The molecule has 0 heterocycles. The minimum atomic E-state index is -3.06. The lowest BCUT2D eigenvalue weighted by molar-refractivity contribution is -0.147. The number of halogens is 2. The van der Waals surface area contributed by atoms with Crippen LogP contribution in [0.1, 0.15) is 10.4 Å². The molecule has 1 rings (SSSR count). The number of benzene rings is 1. The molecule has 0 aliphatic heterocycles. The zero-order chi connectivity index (χ0) is 22.0. The Balaban J connectivity index is 2.46. The van der Waals surface area contributed by atoms with Crippen LogP contribution in [0.25, 0.3) is 0 Å². The Labute approximate surface area is 165 Å². The molecule has 0 aliphatic rings. The standard InChI is InChI=1S/C17H21F2N3O7/c1-22(2)14(24)7-20-13(23)9-28-15(25)8-21-16(26)10-4-5-11(29-17(18)19)12(6-10)27-3/h4-6,17H,7-9H2,1-3H3,(H,20,23)(H,21,26). The van der Waals surface area contributed by atoms with E-state index in [1.165, 1.54) is 32.2 Å². The zero-order valence-corrected chi connectivity index (χ0v) is 16.0. The Hall–Kier alpha value is -3.44. The monoisotopic (exact) mass is 417 g/mol. The van der Waals surface area contributed by atoms with Crippen molar-refractivity contribution in [2.24, 2.45) is 0 Å². The summed E-state index contributed by atoms with van der Waals surface area (Å²) in [6.45, 7) is -4.47. The van der Waals surface area contributed by atoms with Crippen molar-refractivity contribution in [1.29, 1.82) is 0 Å². The summed E-state index contributed by atoms with van der Waals surface area (Å²) in [5.41, 5.74) is 0.0243. The number of methoxy groups -OCH3 is 1. The maximum Gasteiger partial charge on any atom is 0.387 e. The number of carbonyl (C=O) groups excluding carboxylic acids is 4. The summed E-state index contributed by atoms with van der Waals surface area (Å²) >= 11 is 0. The third-order valence-corrected chi connectivity index (χ3v) is 3.33. The molecule has 1 aromatic rings. The van der Waals surface area contributed by atoms with Crippen molar-refractivity contribution in [2.45, 2.75) is 6.61 Å². The van der Waals surface area contributed by atoms with E-state index in [1.807, 2.05) is 0 Å². The van der Waals surface area contributed by atoms with Crippen LogP contribution in [0.5, 0.6) is 11.5 Å². The van der Waals surface area contributed by atoms with Crippen molar-refractivity contribution in [3.05, 3.63) is 23.8 Å². The van der Waals surface area contributed by atoms with Crippen LogP contribution in [0.2, 0.25) is 0 Å². The first-order valence-corrected chi connectivity index (χ1v) is 8.17. The van der Waals surface area contributed by atoms with Gasteiger partial charge in [0.1, 0.15) is 6.54 Å². The van der Waals surface area contributed by atoms with Crippen molar-refractivity contribution in [3.63, 3.8) is 0 Å². The van der Waals surface area contributed by atoms with Gasteiger partial charge in [-0.15, -0.1) is 0 Å². The molecule has 0 aromatic heterocycles. The van der Waals surface area contributed by atoms with E-state index < -0.39 is 37.5 Å². The first kappa shape index (κ1) is 23.6. The van der Waals surface area contributed by atoms with Crippen LogP contribution in [0.3, 0.4) is 0 Å². The Bertz CT molecular complexity index is 757. The van der Waals surface area contributed by atoms with E-state index in [9.17, 15) is 28.0 Å². The fourth-order valence-corrected chi connectivity index (χ4v) is 1.84. The molecule has 0 atom stereocenters. The first-order chi connectivity index (χ1) is 13.6. The number of rotatable bonds is 10. The molecular formula is C17H21F2N3O7. The molecule has 1 aromatic carbocycles. The lowest BCUT2D eigenvalue weighted by Crippen LogP contribution is -2.39. The predicted octanol–water partition coefficient (Wildman–Crippen LogP) is -0.226. The van der Waals surface area contributed by atoms with E-state index in [2.05, 4.69) is 20.1 Å². The van der Waals surface area contributed by atoms with Gasteiger partial charge in [0, 0.05) is 19.7 Å². The van der Waals surface area contributed by atoms with Crippen LogP contribution in [-0.4, -0.2) is 76.1 Å². The molecule has 0 saturated heterocycles. The smallest absolute Gasteiger partial charge is 0.387 e. The van der Waals surface area contributed by atoms with Crippen LogP contribution in [0.4, 0.5) is 8.78 Å². The van der Waals surface area contributed by atoms with Crippen LogP contribution in [0, 0.1) is 0 Å². The average Bonchev–Trinajstić information content (AvgIpc) is 2.68. The van der Waals surface area contributed by atoms with Crippen LogP contribution in [0.15, 0.2) is 18.2 Å². The lowest BCUT2D eigenvalue weighted by atomic mass is 10.2. The Morgan fingerprint density at radius 3 is 2.34 bits per heavy atom. The third-order valence-electron chi connectivity index (χ3n) is 3.33. The zero-order valence-electron chi connectivity index (χ0n) is 16.0. The van der Waals surface area contributed by atoms with Crippen molar-refractivity contribution in [1.82, 2.24) is 15.5 Å². The fourth-order valence-electron chi connectivity index (χ4n) is 1.84. The summed E-state index contributed by atoms with van der Waals surface area (Å²) in [5, 5.41) is 4.52. The summed E-state index contributed by atoms with van der Waals surface area (Å²) in [6, 6.07) is 3.49. The molecule has 0 aliphatic carbocycles. The highest BCUT2D eigenvalue weighted by Crippen LogP contribution is 2.29. The normalized spacial score (nSPS) is 10.1. The number of ether oxygens (including phenoxy) is 3. The van der Waals surface area contributed by atoms with Gasteiger partial charge in [0.15, 0.2) is 18.1 Å². The summed E-state index contributed by atoms with van der Waals surface area (Å²) < 4.78 is 38.4. The molecule has 160 valence electrons. The number of amides is 3. The molecule has 12 heteroatoms. The second-order valence-electron chi connectivity index (χ2n) is 5.65. The van der Waals surface area contributed by atoms with E-state index in [1.54, 1.807) is 0 Å². The highest BCUT2D eigenvalue weighted by molar-refractivity contribution is 5.96. The Morgan fingerprint density at radius 2 is 1.76 bits per heavy atom. The molecule has 0 bridgehead atoms. The first-order valence-electron chi connectivity index (χ1n) is 8.17. The predicted molar refractivity (Wildman–Crippen MR) is 94.6 cm³/mol. The van der Waals surface area contributed by atoms with E-state index in [4.69, 9.17) is 4.74 Å². The largest absolute Gasteiger partial charge is 0.493 e. The van der Waals surface area contributed by atoms with Gasteiger partial charge >= 0.3 is 12.6 Å². The van der Waals surface area contributed by atoms with E-state index in [0.717, 1.165) is 12.1 Å². The summed E-state index contributed by atoms with van der Waals surface area (Å²) in [5.74, 6) is -2.96. The SMILES string of the molecule is COc1cc(C(=O)NCC(=O)OCC(=O)NCC(=O)N(C)C)ccc1OC(F)F. The molecule has 29 heavy (non-hydrogen) atoms. The molecule has 0 radical (unpaired) electrons. The number of esters is 1. The average molecular weight is 417 g/mol. The summed E-state index contributed by atoms with van der Waals surface area (Å²) in [4.78, 5) is 47.7. The Morgan fingerprint density at radius 1 is 1.07 bits per heavy atom. The van der Waals surface area contributed by atoms with Crippen LogP contribution in [-0.2, 0) is 19.1 Å². The van der Waals surface area contributed by atoms with Crippen molar-refractivity contribution < 1.29 is 42.2 Å². The van der Waals surface area contributed by atoms with Gasteiger partial charge in [0.25, 0.3) is 11.8 Å². The second kappa shape index (κ2) is 11.4. The van der Waals surface area contributed by atoms with Gasteiger partial charge in [0.05, 0.1) is 13.7 Å². The van der Waals surface area contributed by atoms with Crippen LogP contribution >= 0.6 is 0 Å². The summed E-state index contributed by atoms with van der Waals surface area (Å²) in [6.07, 6.45) is 0. The Kier molecular flexibility index (Phi) is 9.29. The number of carbonyl (C=O) groups is 4. The minimum Gasteiger partial charge on any atom is -0.493 e. The van der Waals surface area contributed by atoms with E-state index in [-0.39, 0.29) is 29.5 Å². The van der Waals surface area contributed by atoms with E-state index in [0.29, 0.717) is 0 Å². The van der Waals surface area contributed by atoms with Gasteiger partial charge in [-0.05, 0) is 18.2 Å². The topological polar surface area (TPSA) is 123 Å². The van der Waals surface area contributed by atoms with Gasteiger partial charge in [-0.3, -0.25) is 19.2 Å². The molecule has 3 amide bonds. The molecule has 0 spiro atoms. The number of hydrogen-bond donors (Lipinski definition) is 2. The number of nitrogens with one attached hydrogen (secondary N) is 2. The van der Waals surface area contributed by atoms with Gasteiger partial charge in [-0.1, -0.05) is 0 Å². The molecule has 0 saturated carbocycles. The molecule has 10 nitrogen and oxygen atoms in total. The highest BCUT2D eigenvalue weighted by atomic mass is 19.3. The van der Waals surface area contributed by atoms with Gasteiger partial charge in [-0.25, -0.2) is 0 Å². The van der Waals surface area contributed by atoms with Gasteiger partial charge in [-0.2, -0.15) is 8.78 Å². The molecule has 2 N–H and O–H groups in total. The summed E-state index contributed by atoms with van der Waals surface area (Å²) in [7, 11) is 4.25. The number of nitrogens with zero attached hydrogens (tertiary/aromatic N) is 1. The van der Waals surface area contributed by atoms with Gasteiger partial charge in [0.2, 0.25) is 5.91 Å².